The first-order valence-electron chi connectivity index (χ1n) is 8.84. The highest BCUT2D eigenvalue weighted by molar-refractivity contribution is 5.94. The summed E-state index contributed by atoms with van der Waals surface area (Å²) < 4.78 is 26.9. The third-order valence-corrected chi connectivity index (χ3v) is 4.52. The molecule has 3 rings (SSSR count). The number of hydrogen-bond donors (Lipinski definition) is 2. The van der Waals surface area contributed by atoms with Gasteiger partial charge in [0, 0.05) is 24.8 Å². The zero-order valence-corrected chi connectivity index (χ0v) is 14.8. The lowest BCUT2D eigenvalue weighted by molar-refractivity contribution is -0.117. The van der Waals surface area contributed by atoms with Gasteiger partial charge in [-0.2, -0.15) is 0 Å². The SMILES string of the molecule is O=C(CN1CCC(NC(=O)c2cc(F)ccc2F)CC1)Nc1ccccc1. The van der Waals surface area contributed by atoms with Gasteiger partial charge in [-0.25, -0.2) is 8.78 Å². The average Bonchev–Trinajstić information content (AvgIpc) is 2.66. The first-order valence-corrected chi connectivity index (χ1v) is 8.84. The van der Waals surface area contributed by atoms with Crippen molar-refractivity contribution in [2.45, 2.75) is 18.9 Å². The smallest absolute Gasteiger partial charge is 0.254 e. The van der Waals surface area contributed by atoms with E-state index in [0.717, 1.165) is 23.9 Å². The van der Waals surface area contributed by atoms with Gasteiger partial charge in [-0.1, -0.05) is 18.2 Å². The summed E-state index contributed by atoms with van der Waals surface area (Å²) in [5.41, 5.74) is 0.460. The molecule has 0 bridgehead atoms. The van der Waals surface area contributed by atoms with Crippen molar-refractivity contribution < 1.29 is 18.4 Å². The highest BCUT2D eigenvalue weighted by atomic mass is 19.1. The maximum Gasteiger partial charge on any atom is 0.254 e. The van der Waals surface area contributed by atoms with Gasteiger partial charge in [0.05, 0.1) is 12.1 Å². The van der Waals surface area contributed by atoms with Crippen molar-refractivity contribution in [2.75, 3.05) is 25.0 Å². The van der Waals surface area contributed by atoms with Gasteiger partial charge in [-0.15, -0.1) is 0 Å². The molecule has 1 heterocycles. The van der Waals surface area contributed by atoms with Crippen molar-refractivity contribution in [3.8, 4) is 0 Å². The highest BCUT2D eigenvalue weighted by Gasteiger charge is 2.23. The third kappa shape index (κ3) is 5.34. The number of amides is 2. The van der Waals surface area contributed by atoms with Crippen molar-refractivity contribution in [1.29, 1.82) is 0 Å². The van der Waals surface area contributed by atoms with Crippen molar-refractivity contribution >= 4 is 17.5 Å². The first-order chi connectivity index (χ1) is 13.0. The van der Waals surface area contributed by atoms with Crippen LogP contribution in [0.3, 0.4) is 0 Å². The van der Waals surface area contributed by atoms with Gasteiger partial charge < -0.3 is 10.6 Å². The molecule has 0 saturated carbocycles. The van der Waals surface area contributed by atoms with Crippen molar-refractivity contribution in [2.24, 2.45) is 0 Å². The number of likely N-dealkylation sites (tertiary alicyclic amines) is 1. The monoisotopic (exact) mass is 373 g/mol. The Morgan fingerprint density at radius 3 is 2.44 bits per heavy atom. The lowest BCUT2D eigenvalue weighted by atomic mass is 10.0. The number of nitrogens with one attached hydrogen (secondary N) is 2. The highest BCUT2D eigenvalue weighted by Crippen LogP contribution is 2.14. The van der Waals surface area contributed by atoms with Crippen LogP contribution in [-0.4, -0.2) is 42.4 Å². The summed E-state index contributed by atoms with van der Waals surface area (Å²) in [6.45, 7) is 1.55. The van der Waals surface area contributed by atoms with Crippen LogP contribution in [0.5, 0.6) is 0 Å². The van der Waals surface area contributed by atoms with E-state index in [9.17, 15) is 18.4 Å². The van der Waals surface area contributed by atoms with E-state index >= 15 is 0 Å². The summed E-state index contributed by atoms with van der Waals surface area (Å²) in [6.07, 6.45) is 1.28. The maximum atomic E-state index is 13.7. The molecular formula is C20H21F2N3O2. The van der Waals surface area contributed by atoms with E-state index in [4.69, 9.17) is 0 Å². The Labute approximate surface area is 156 Å². The first kappa shape index (κ1) is 19.0. The van der Waals surface area contributed by atoms with E-state index in [1.807, 2.05) is 35.2 Å². The molecule has 2 aromatic carbocycles. The van der Waals surface area contributed by atoms with Crippen LogP contribution in [0.4, 0.5) is 14.5 Å². The molecule has 2 aromatic rings. The van der Waals surface area contributed by atoms with Crippen LogP contribution >= 0.6 is 0 Å². The van der Waals surface area contributed by atoms with Crippen molar-refractivity contribution in [3.05, 3.63) is 65.7 Å². The van der Waals surface area contributed by atoms with Gasteiger partial charge in [0.1, 0.15) is 11.6 Å². The normalized spacial score (nSPS) is 15.3. The van der Waals surface area contributed by atoms with Gasteiger partial charge >= 0.3 is 0 Å². The average molecular weight is 373 g/mol. The number of hydrogen-bond acceptors (Lipinski definition) is 3. The number of anilines is 1. The number of carbonyl (C=O) groups excluding carboxylic acids is 2. The minimum Gasteiger partial charge on any atom is -0.349 e. The van der Waals surface area contributed by atoms with E-state index in [-0.39, 0.29) is 24.1 Å². The molecule has 0 atom stereocenters. The summed E-state index contributed by atoms with van der Waals surface area (Å²) in [5, 5.41) is 5.58. The number of para-hydroxylation sites is 1. The number of piperidine rings is 1. The number of nitrogens with zero attached hydrogens (tertiary/aromatic N) is 1. The zero-order valence-electron chi connectivity index (χ0n) is 14.8. The maximum absolute atomic E-state index is 13.7. The Kier molecular flexibility index (Phi) is 6.13. The van der Waals surface area contributed by atoms with Crippen LogP contribution in [0, 0.1) is 11.6 Å². The lowest BCUT2D eigenvalue weighted by Gasteiger charge is -2.31. The topological polar surface area (TPSA) is 61.4 Å². The number of halogens is 2. The van der Waals surface area contributed by atoms with Crippen molar-refractivity contribution in [1.82, 2.24) is 10.2 Å². The van der Waals surface area contributed by atoms with Crippen LogP contribution in [0.25, 0.3) is 0 Å². The van der Waals surface area contributed by atoms with Gasteiger partial charge in [-0.05, 0) is 43.2 Å². The van der Waals surface area contributed by atoms with Gasteiger partial charge in [0.25, 0.3) is 5.91 Å². The second-order valence-corrected chi connectivity index (χ2v) is 6.56. The van der Waals surface area contributed by atoms with Gasteiger partial charge in [-0.3, -0.25) is 14.5 Å². The molecule has 0 spiro atoms. The number of carbonyl (C=O) groups is 2. The fourth-order valence-electron chi connectivity index (χ4n) is 3.10. The molecule has 2 amide bonds. The van der Waals surface area contributed by atoms with Gasteiger partial charge in [0.15, 0.2) is 0 Å². The summed E-state index contributed by atoms with van der Waals surface area (Å²) in [6, 6.07) is 11.9. The molecule has 0 unspecified atom stereocenters. The van der Waals surface area contributed by atoms with Crippen LogP contribution in [-0.2, 0) is 4.79 Å². The molecule has 0 radical (unpaired) electrons. The Bertz CT molecular complexity index is 806. The fraction of sp³-hybridized carbons (Fsp3) is 0.300. The van der Waals surface area contributed by atoms with E-state index in [1.54, 1.807) is 0 Å². The minimum atomic E-state index is -0.746. The largest absolute Gasteiger partial charge is 0.349 e. The van der Waals surface area contributed by atoms with Crippen LogP contribution in [0.15, 0.2) is 48.5 Å². The Morgan fingerprint density at radius 2 is 1.74 bits per heavy atom. The second kappa shape index (κ2) is 8.73. The Balaban J connectivity index is 1.45. The third-order valence-electron chi connectivity index (χ3n) is 4.52. The molecule has 27 heavy (non-hydrogen) atoms. The summed E-state index contributed by atoms with van der Waals surface area (Å²) in [7, 11) is 0. The van der Waals surface area contributed by atoms with Crippen molar-refractivity contribution in [3.63, 3.8) is 0 Å². The van der Waals surface area contributed by atoms with E-state index in [1.165, 1.54) is 0 Å². The summed E-state index contributed by atoms with van der Waals surface area (Å²) >= 11 is 0. The van der Waals surface area contributed by atoms with Gasteiger partial charge in [0.2, 0.25) is 5.91 Å². The molecular weight excluding hydrogens is 352 g/mol. The predicted molar refractivity (Wildman–Crippen MR) is 98.4 cm³/mol. The molecule has 1 saturated heterocycles. The summed E-state index contributed by atoms with van der Waals surface area (Å²) in [4.78, 5) is 26.3. The van der Waals surface area contributed by atoms with Crippen LogP contribution in [0.2, 0.25) is 0 Å². The number of rotatable bonds is 5. The molecule has 2 N–H and O–H groups in total. The van der Waals surface area contributed by atoms with E-state index in [0.29, 0.717) is 25.9 Å². The fourth-order valence-corrected chi connectivity index (χ4v) is 3.10. The molecule has 142 valence electrons. The number of benzene rings is 2. The quantitative estimate of drug-likeness (QED) is 0.847. The second-order valence-electron chi connectivity index (χ2n) is 6.56. The molecule has 5 nitrogen and oxygen atoms in total. The molecule has 1 aliphatic rings. The minimum absolute atomic E-state index is 0.0921. The van der Waals surface area contributed by atoms with Crippen LogP contribution in [0.1, 0.15) is 23.2 Å². The molecule has 0 aliphatic carbocycles. The molecule has 1 aliphatic heterocycles. The van der Waals surface area contributed by atoms with Crippen LogP contribution < -0.4 is 10.6 Å². The molecule has 7 heteroatoms. The molecule has 1 fully saturated rings. The van der Waals surface area contributed by atoms with E-state index in [2.05, 4.69) is 10.6 Å². The molecule has 0 aromatic heterocycles. The van der Waals surface area contributed by atoms with E-state index < -0.39 is 17.5 Å². The standard InChI is InChI=1S/C20H21F2N3O2/c21-14-6-7-18(22)17(12-14)20(27)24-16-8-10-25(11-9-16)13-19(26)23-15-4-2-1-3-5-15/h1-7,12,16H,8-11,13H2,(H,23,26)(H,24,27). The Hall–Kier alpha value is -2.80. The zero-order chi connectivity index (χ0) is 19.2. The lowest BCUT2D eigenvalue weighted by Crippen LogP contribution is -2.46. The predicted octanol–water partition coefficient (Wildman–Crippen LogP) is 2.80. The Morgan fingerprint density at radius 1 is 1.04 bits per heavy atom. The summed E-state index contributed by atoms with van der Waals surface area (Å²) in [5.74, 6) is -2.11.